The summed E-state index contributed by atoms with van der Waals surface area (Å²) in [6.45, 7) is 30.5. The Morgan fingerprint density at radius 1 is 0.894 bits per heavy atom. The van der Waals surface area contributed by atoms with Gasteiger partial charge >= 0.3 is 0 Å². The zero-order valence-corrected chi connectivity index (χ0v) is 34.1. The van der Waals surface area contributed by atoms with Crippen LogP contribution in [0.1, 0.15) is 97.1 Å². The van der Waals surface area contributed by atoms with Gasteiger partial charge in [-0.05, 0) is 66.3 Å². The van der Waals surface area contributed by atoms with Crippen LogP contribution in [0, 0.1) is 11.3 Å². The van der Waals surface area contributed by atoms with Gasteiger partial charge in [-0.2, -0.15) is 0 Å². The molecular formula is C37H65NO7Si2. The van der Waals surface area contributed by atoms with Gasteiger partial charge in [0.25, 0.3) is 0 Å². The summed E-state index contributed by atoms with van der Waals surface area (Å²) < 4.78 is 37.9. The molecule has 0 unspecified atom stereocenters. The SMILES string of the molecule is COc1ccc(CO[C@@H](C[C@H](OC)[C@@H](C)CCO[Si](C)(C)C(C)(C)C)C(C)(C)[C@H](Cc2nc(C=O)co2)O[Si](C)(C)C(C)(C)C)cc1. The standard InChI is InChI=1S/C37H65NO7Si2/c1-27(20-21-44-46(12,13)35(2,3)4)31(41-11)22-32(42-25-28-16-18-30(40-10)19-17-28)37(8,9)33(45-47(14,15)36(5,6)7)23-34-38-29(24-39)26-43-34/h16-19,24,26-27,31-33H,20-23,25H2,1-15H3/t27-,31-,32-,33-/m0/s1. The molecule has 1 aromatic carbocycles. The van der Waals surface area contributed by atoms with Gasteiger partial charge < -0.3 is 27.5 Å². The second-order valence-corrected chi connectivity index (χ2v) is 26.3. The van der Waals surface area contributed by atoms with Gasteiger partial charge in [-0.3, -0.25) is 4.79 Å². The van der Waals surface area contributed by atoms with Crippen LogP contribution in [0.2, 0.25) is 36.3 Å². The van der Waals surface area contributed by atoms with Gasteiger partial charge in [0.2, 0.25) is 0 Å². The number of ether oxygens (including phenoxy) is 3. The molecule has 2 aromatic rings. The van der Waals surface area contributed by atoms with E-state index in [0.717, 1.165) is 17.7 Å². The van der Waals surface area contributed by atoms with E-state index in [-0.39, 0.29) is 40.0 Å². The number of carbonyl (C=O) groups excluding carboxylic acids is 1. The molecule has 8 nitrogen and oxygen atoms in total. The molecule has 0 amide bonds. The highest BCUT2D eigenvalue weighted by molar-refractivity contribution is 6.74. The summed E-state index contributed by atoms with van der Waals surface area (Å²) in [6, 6.07) is 7.99. The maximum atomic E-state index is 11.4. The molecule has 1 heterocycles. The normalized spacial score (nSPS) is 16.1. The van der Waals surface area contributed by atoms with E-state index in [1.54, 1.807) is 14.2 Å². The molecule has 1 aromatic heterocycles. The summed E-state index contributed by atoms with van der Waals surface area (Å²) in [5.74, 6) is 1.54. The van der Waals surface area contributed by atoms with E-state index in [2.05, 4.69) is 93.5 Å². The van der Waals surface area contributed by atoms with Gasteiger partial charge in [0.05, 0.1) is 32.0 Å². The lowest BCUT2D eigenvalue weighted by Crippen LogP contribution is -2.53. The van der Waals surface area contributed by atoms with Crippen molar-refractivity contribution in [2.75, 3.05) is 20.8 Å². The number of carbonyl (C=O) groups is 1. The largest absolute Gasteiger partial charge is 0.497 e. The fraction of sp³-hybridized carbons (Fsp3) is 0.730. The molecule has 0 aliphatic heterocycles. The summed E-state index contributed by atoms with van der Waals surface area (Å²) in [4.78, 5) is 15.9. The molecule has 0 saturated carbocycles. The molecule has 0 N–H and O–H groups in total. The molecule has 0 radical (unpaired) electrons. The first-order valence-corrected chi connectivity index (χ1v) is 22.9. The molecule has 268 valence electrons. The molecule has 0 saturated heterocycles. The van der Waals surface area contributed by atoms with Crippen LogP contribution >= 0.6 is 0 Å². The third kappa shape index (κ3) is 11.6. The first-order chi connectivity index (χ1) is 21.6. The average molecular weight is 692 g/mol. The van der Waals surface area contributed by atoms with Crippen molar-refractivity contribution in [2.24, 2.45) is 11.3 Å². The van der Waals surface area contributed by atoms with E-state index in [0.29, 0.717) is 38.2 Å². The van der Waals surface area contributed by atoms with E-state index in [1.165, 1.54) is 6.26 Å². The maximum Gasteiger partial charge on any atom is 0.197 e. The topological polar surface area (TPSA) is 89.2 Å². The van der Waals surface area contributed by atoms with Crippen LogP contribution in [0.3, 0.4) is 0 Å². The Bertz CT molecular complexity index is 1230. The van der Waals surface area contributed by atoms with E-state index >= 15 is 0 Å². The number of rotatable bonds is 19. The molecule has 2 rings (SSSR count). The van der Waals surface area contributed by atoms with Crippen molar-refractivity contribution in [1.29, 1.82) is 0 Å². The number of aromatic nitrogens is 1. The number of oxazole rings is 1. The predicted octanol–water partition coefficient (Wildman–Crippen LogP) is 9.49. The third-order valence-electron chi connectivity index (χ3n) is 10.8. The van der Waals surface area contributed by atoms with E-state index in [9.17, 15) is 4.79 Å². The Balaban J connectivity index is 2.45. The van der Waals surface area contributed by atoms with Gasteiger partial charge in [-0.15, -0.1) is 0 Å². The summed E-state index contributed by atoms with van der Waals surface area (Å²) in [5, 5.41) is 0.148. The number of benzene rings is 1. The number of aldehydes is 1. The van der Waals surface area contributed by atoms with Crippen LogP contribution in [-0.2, 0) is 31.4 Å². The minimum Gasteiger partial charge on any atom is -0.497 e. The molecule has 47 heavy (non-hydrogen) atoms. The van der Waals surface area contributed by atoms with Gasteiger partial charge in [0.1, 0.15) is 17.7 Å². The van der Waals surface area contributed by atoms with Gasteiger partial charge in [-0.1, -0.05) is 74.4 Å². The minimum absolute atomic E-state index is 0.0148. The van der Waals surface area contributed by atoms with Gasteiger partial charge in [0, 0.05) is 32.0 Å². The fourth-order valence-electron chi connectivity index (χ4n) is 5.01. The van der Waals surface area contributed by atoms with Crippen LogP contribution < -0.4 is 4.74 Å². The second-order valence-electron chi connectivity index (χ2n) is 16.7. The van der Waals surface area contributed by atoms with Crippen molar-refractivity contribution in [3.63, 3.8) is 0 Å². The van der Waals surface area contributed by atoms with Crippen molar-refractivity contribution >= 4 is 22.9 Å². The van der Waals surface area contributed by atoms with Crippen molar-refractivity contribution < 1.29 is 32.3 Å². The van der Waals surface area contributed by atoms with Gasteiger partial charge in [0.15, 0.2) is 28.8 Å². The lowest BCUT2D eigenvalue weighted by atomic mass is 9.76. The smallest absolute Gasteiger partial charge is 0.197 e. The number of hydrogen-bond donors (Lipinski definition) is 0. The van der Waals surface area contributed by atoms with Gasteiger partial charge in [-0.25, -0.2) is 4.98 Å². The lowest BCUT2D eigenvalue weighted by molar-refractivity contribution is -0.114. The highest BCUT2D eigenvalue weighted by Crippen LogP contribution is 2.43. The maximum absolute atomic E-state index is 11.4. The first-order valence-electron chi connectivity index (χ1n) is 17.1. The Morgan fingerprint density at radius 3 is 1.98 bits per heavy atom. The van der Waals surface area contributed by atoms with Crippen LogP contribution in [0.25, 0.3) is 0 Å². The highest BCUT2D eigenvalue weighted by atomic mass is 28.4. The molecular weight excluding hydrogens is 627 g/mol. The van der Waals surface area contributed by atoms with Crippen molar-refractivity contribution in [3.8, 4) is 5.75 Å². The molecule has 0 aliphatic carbocycles. The Morgan fingerprint density at radius 2 is 1.49 bits per heavy atom. The molecule has 0 aliphatic rings. The molecule has 10 heteroatoms. The Kier molecular flexibility index (Phi) is 14.7. The number of hydrogen-bond acceptors (Lipinski definition) is 8. The molecule has 0 spiro atoms. The molecule has 4 atom stereocenters. The summed E-state index contributed by atoms with van der Waals surface area (Å²) in [5.41, 5.74) is 0.845. The first kappa shape index (κ1) is 41.3. The third-order valence-corrected chi connectivity index (χ3v) is 19.8. The lowest BCUT2D eigenvalue weighted by Gasteiger charge is -2.47. The average Bonchev–Trinajstić information content (AvgIpc) is 3.43. The van der Waals surface area contributed by atoms with E-state index in [1.807, 2.05) is 24.3 Å². The summed E-state index contributed by atoms with van der Waals surface area (Å²) in [6.07, 6.45) is 3.51. The van der Waals surface area contributed by atoms with Crippen molar-refractivity contribution in [3.05, 3.63) is 47.7 Å². The van der Waals surface area contributed by atoms with E-state index < -0.39 is 22.0 Å². The quantitative estimate of drug-likeness (QED) is 0.106. The highest BCUT2D eigenvalue weighted by Gasteiger charge is 2.47. The number of nitrogens with zero attached hydrogens (tertiary/aromatic N) is 1. The molecule has 0 bridgehead atoms. The second kappa shape index (κ2) is 16.7. The Hall–Kier alpha value is -1.83. The zero-order valence-electron chi connectivity index (χ0n) is 32.1. The Labute approximate surface area is 287 Å². The van der Waals surface area contributed by atoms with Crippen molar-refractivity contribution in [2.45, 2.75) is 143 Å². The number of methoxy groups -OCH3 is 2. The van der Waals surface area contributed by atoms with Crippen LogP contribution in [-0.4, -0.2) is 67.0 Å². The summed E-state index contributed by atoms with van der Waals surface area (Å²) in [7, 11) is -0.640. The van der Waals surface area contributed by atoms with Crippen molar-refractivity contribution in [1.82, 2.24) is 4.98 Å². The zero-order chi connectivity index (χ0) is 35.8. The monoisotopic (exact) mass is 691 g/mol. The fourth-order valence-corrected chi connectivity index (χ4v) is 7.52. The van der Waals surface area contributed by atoms with E-state index in [4.69, 9.17) is 27.5 Å². The van der Waals surface area contributed by atoms with Crippen LogP contribution in [0.15, 0.2) is 34.9 Å². The predicted molar refractivity (Wildman–Crippen MR) is 195 cm³/mol. The molecule has 0 fully saturated rings. The van der Waals surface area contributed by atoms with Crippen LogP contribution in [0.5, 0.6) is 5.75 Å². The minimum atomic E-state index is -2.25. The van der Waals surface area contributed by atoms with Crippen LogP contribution in [0.4, 0.5) is 0 Å². The summed E-state index contributed by atoms with van der Waals surface area (Å²) >= 11 is 0.